The van der Waals surface area contributed by atoms with E-state index in [1.54, 1.807) is 18.5 Å². The first-order valence-electron chi connectivity index (χ1n) is 6.32. The van der Waals surface area contributed by atoms with Crippen molar-refractivity contribution in [2.45, 2.75) is 6.42 Å². The fourth-order valence-corrected chi connectivity index (χ4v) is 2.20. The van der Waals surface area contributed by atoms with Crippen LogP contribution < -0.4 is 5.32 Å². The molecule has 98 valence electrons. The van der Waals surface area contributed by atoms with E-state index in [0.717, 1.165) is 38.3 Å². The largest absolute Gasteiger partial charge is 0.386 e. The molecule has 0 bridgehead atoms. The minimum atomic E-state index is 0.0945. The summed E-state index contributed by atoms with van der Waals surface area (Å²) in [6.45, 7) is 3.61. The van der Waals surface area contributed by atoms with E-state index < -0.39 is 0 Å². The van der Waals surface area contributed by atoms with Gasteiger partial charge in [0.05, 0.1) is 17.4 Å². The number of pyridine rings is 1. The van der Waals surface area contributed by atoms with Gasteiger partial charge in [0.15, 0.2) is 0 Å². The van der Waals surface area contributed by atoms with Crippen molar-refractivity contribution in [3.8, 4) is 0 Å². The van der Waals surface area contributed by atoms with Gasteiger partial charge in [0, 0.05) is 32.9 Å². The van der Waals surface area contributed by atoms with Crippen molar-refractivity contribution in [2.24, 2.45) is 0 Å². The third-order valence-electron chi connectivity index (χ3n) is 3.33. The molecule has 1 aliphatic rings. The number of anilines is 1. The molecule has 5 heteroatoms. The minimum Gasteiger partial charge on any atom is -0.386 e. The number of hydrogen-bond donors (Lipinski definition) is 1. The molecule has 0 saturated carbocycles. The molecule has 0 radical (unpaired) electrons. The summed E-state index contributed by atoms with van der Waals surface area (Å²) in [5.74, 6) is 0.0945. The van der Waals surface area contributed by atoms with Gasteiger partial charge in [-0.1, -0.05) is 0 Å². The Labute approximate surface area is 108 Å². The first-order chi connectivity index (χ1) is 8.72. The van der Waals surface area contributed by atoms with Crippen LogP contribution in [-0.2, 0) is 0 Å². The van der Waals surface area contributed by atoms with E-state index in [0.29, 0.717) is 5.56 Å². The van der Waals surface area contributed by atoms with Crippen LogP contribution in [0.3, 0.4) is 0 Å². The van der Waals surface area contributed by atoms with Crippen molar-refractivity contribution in [3.05, 3.63) is 24.0 Å². The lowest BCUT2D eigenvalue weighted by atomic mass is 10.2. The fraction of sp³-hybridized carbons (Fsp3) is 0.538. The number of amides is 1. The maximum Gasteiger partial charge on any atom is 0.256 e. The summed E-state index contributed by atoms with van der Waals surface area (Å²) < 4.78 is 0. The summed E-state index contributed by atoms with van der Waals surface area (Å²) in [7, 11) is 3.91. The van der Waals surface area contributed by atoms with Crippen LogP contribution in [0.4, 0.5) is 5.69 Å². The summed E-state index contributed by atoms with van der Waals surface area (Å²) in [5, 5.41) is 3.02. The molecule has 18 heavy (non-hydrogen) atoms. The van der Waals surface area contributed by atoms with Gasteiger partial charge < -0.3 is 15.1 Å². The Morgan fingerprint density at radius 1 is 1.33 bits per heavy atom. The molecule has 0 spiro atoms. The molecule has 1 aliphatic heterocycles. The molecule has 0 aromatic carbocycles. The summed E-state index contributed by atoms with van der Waals surface area (Å²) in [6, 6.07) is 1.78. The number of carbonyl (C=O) groups excluding carboxylic acids is 1. The van der Waals surface area contributed by atoms with E-state index >= 15 is 0 Å². The highest BCUT2D eigenvalue weighted by atomic mass is 16.2. The van der Waals surface area contributed by atoms with Crippen LogP contribution >= 0.6 is 0 Å². The number of carbonyl (C=O) groups is 1. The highest BCUT2D eigenvalue weighted by molar-refractivity contribution is 5.99. The van der Waals surface area contributed by atoms with Crippen molar-refractivity contribution in [2.75, 3.05) is 45.6 Å². The minimum absolute atomic E-state index is 0.0945. The van der Waals surface area contributed by atoms with Gasteiger partial charge in [-0.2, -0.15) is 0 Å². The lowest BCUT2D eigenvalue weighted by molar-refractivity contribution is 0.0763. The molecule has 1 amide bonds. The quantitative estimate of drug-likeness (QED) is 0.845. The van der Waals surface area contributed by atoms with Crippen molar-refractivity contribution >= 4 is 11.6 Å². The number of likely N-dealkylation sites (N-methyl/N-ethyl adjacent to an activating group) is 1. The van der Waals surface area contributed by atoms with Crippen molar-refractivity contribution in [3.63, 3.8) is 0 Å². The van der Waals surface area contributed by atoms with Crippen molar-refractivity contribution < 1.29 is 4.79 Å². The van der Waals surface area contributed by atoms with Gasteiger partial charge in [0.1, 0.15) is 0 Å². The second-order valence-electron chi connectivity index (χ2n) is 4.62. The Hall–Kier alpha value is -1.62. The highest BCUT2D eigenvalue weighted by Crippen LogP contribution is 2.16. The van der Waals surface area contributed by atoms with E-state index in [4.69, 9.17) is 0 Å². The van der Waals surface area contributed by atoms with E-state index in [9.17, 15) is 4.79 Å². The van der Waals surface area contributed by atoms with Gasteiger partial charge in [-0.3, -0.25) is 9.78 Å². The van der Waals surface area contributed by atoms with Gasteiger partial charge in [0.25, 0.3) is 5.91 Å². The molecular formula is C13H20N4O. The summed E-state index contributed by atoms with van der Waals surface area (Å²) in [4.78, 5) is 20.7. The number of nitrogens with zero attached hydrogens (tertiary/aromatic N) is 3. The predicted molar refractivity (Wildman–Crippen MR) is 71.8 cm³/mol. The van der Waals surface area contributed by atoms with E-state index in [2.05, 4.69) is 22.2 Å². The molecule has 1 aromatic rings. The predicted octanol–water partition coefficient (Wildman–Crippen LogP) is 0.901. The van der Waals surface area contributed by atoms with Crippen LogP contribution in [0.25, 0.3) is 0 Å². The van der Waals surface area contributed by atoms with Crippen LogP contribution in [0.2, 0.25) is 0 Å². The number of aromatic nitrogens is 1. The smallest absolute Gasteiger partial charge is 0.256 e. The molecule has 1 N–H and O–H groups in total. The third-order valence-corrected chi connectivity index (χ3v) is 3.33. The fourth-order valence-electron chi connectivity index (χ4n) is 2.20. The second-order valence-corrected chi connectivity index (χ2v) is 4.62. The number of rotatable bonds is 2. The summed E-state index contributed by atoms with van der Waals surface area (Å²) in [6.07, 6.45) is 4.39. The zero-order chi connectivity index (χ0) is 13.0. The molecule has 1 fully saturated rings. The number of nitrogens with one attached hydrogen (secondary N) is 1. The maximum absolute atomic E-state index is 12.5. The highest BCUT2D eigenvalue weighted by Gasteiger charge is 2.20. The first kappa shape index (κ1) is 12.8. The van der Waals surface area contributed by atoms with Gasteiger partial charge >= 0.3 is 0 Å². The Balaban J connectivity index is 2.15. The third kappa shape index (κ3) is 2.79. The van der Waals surface area contributed by atoms with Crippen LogP contribution in [0, 0.1) is 0 Å². The molecule has 2 heterocycles. The van der Waals surface area contributed by atoms with E-state index in [1.807, 2.05) is 11.9 Å². The molecule has 5 nitrogen and oxygen atoms in total. The van der Waals surface area contributed by atoms with Crippen molar-refractivity contribution in [1.29, 1.82) is 0 Å². The van der Waals surface area contributed by atoms with Crippen LogP contribution in [0.1, 0.15) is 16.8 Å². The van der Waals surface area contributed by atoms with Crippen LogP contribution in [0.5, 0.6) is 0 Å². The van der Waals surface area contributed by atoms with Crippen molar-refractivity contribution in [1.82, 2.24) is 14.8 Å². The maximum atomic E-state index is 12.5. The Bertz CT molecular complexity index is 421. The lowest BCUT2D eigenvalue weighted by Crippen LogP contribution is -2.34. The zero-order valence-corrected chi connectivity index (χ0v) is 11.0. The molecule has 1 aromatic heterocycles. The van der Waals surface area contributed by atoms with E-state index in [1.165, 1.54) is 0 Å². The molecule has 0 unspecified atom stereocenters. The topological polar surface area (TPSA) is 48.5 Å². The SMILES string of the molecule is CNc1cnccc1C(=O)N1CCCN(C)CC1. The molecule has 0 atom stereocenters. The molecular weight excluding hydrogens is 228 g/mol. The normalized spacial score (nSPS) is 17.3. The Morgan fingerprint density at radius 3 is 2.94 bits per heavy atom. The Morgan fingerprint density at radius 2 is 2.17 bits per heavy atom. The van der Waals surface area contributed by atoms with E-state index in [-0.39, 0.29) is 5.91 Å². The Kier molecular flexibility index (Phi) is 4.15. The molecule has 2 rings (SSSR count). The van der Waals surface area contributed by atoms with Crippen LogP contribution in [0.15, 0.2) is 18.5 Å². The monoisotopic (exact) mass is 248 g/mol. The summed E-state index contributed by atoms with van der Waals surface area (Å²) >= 11 is 0. The van der Waals surface area contributed by atoms with Gasteiger partial charge in [-0.05, 0) is 26.1 Å². The summed E-state index contributed by atoms with van der Waals surface area (Å²) in [5.41, 5.74) is 1.50. The average molecular weight is 248 g/mol. The average Bonchev–Trinajstić information content (AvgIpc) is 2.62. The zero-order valence-electron chi connectivity index (χ0n) is 11.0. The standard InChI is InChI=1S/C13H20N4O/c1-14-12-10-15-5-4-11(12)13(18)17-7-3-6-16(2)8-9-17/h4-5,10,14H,3,6-9H2,1-2H3. The number of hydrogen-bond acceptors (Lipinski definition) is 4. The van der Waals surface area contributed by atoms with Gasteiger partial charge in [-0.15, -0.1) is 0 Å². The lowest BCUT2D eigenvalue weighted by Gasteiger charge is -2.21. The van der Waals surface area contributed by atoms with Crippen LogP contribution in [-0.4, -0.2) is 61.0 Å². The van der Waals surface area contributed by atoms with Gasteiger partial charge in [-0.25, -0.2) is 0 Å². The molecule has 0 aliphatic carbocycles. The molecule has 1 saturated heterocycles. The van der Waals surface area contributed by atoms with Gasteiger partial charge in [0.2, 0.25) is 0 Å². The first-order valence-corrected chi connectivity index (χ1v) is 6.32. The second kappa shape index (κ2) is 5.82.